The van der Waals surface area contributed by atoms with E-state index in [1.165, 1.54) is 186 Å². The molecule has 0 aromatic carbocycles. The van der Waals surface area contributed by atoms with Crippen LogP contribution in [0.1, 0.15) is 258 Å². The minimum atomic E-state index is -1.70. The van der Waals surface area contributed by atoms with Gasteiger partial charge in [0.15, 0.2) is 12.6 Å². The van der Waals surface area contributed by atoms with Crippen molar-refractivity contribution in [1.82, 2.24) is 0 Å². The molecule has 2 heterocycles. The standard InChI is InChI=1S/C59H112O14/c1-3-5-7-9-11-13-15-17-19-20-21-22-23-24-25-26-27-28-29-30-32-34-36-38-40-42-51(61)71-48(45-68-43-41-39-37-35-33-31-18-16-14-12-10-8-6-4-2)46-69-58-57(67)55(65)53(63)50(73-58)47-70-59-56(66)54(64)52(62)49(44-60)72-59/h14,16,48-50,52-60,62-67H,3-13,15,17-47H2,1-2H3/b16-14-. The Balaban J connectivity index is 1.66. The molecule has 0 amide bonds. The Labute approximate surface area is 444 Å². The molecule has 0 aliphatic carbocycles. The summed E-state index contributed by atoms with van der Waals surface area (Å²) in [6, 6.07) is 0. The number of unbranched alkanes of at least 4 members (excludes halogenated alkanes) is 34. The number of esters is 1. The van der Waals surface area contributed by atoms with Crippen LogP contribution >= 0.6 is 0 Å². The average Bonchev–Trinajstić information content (AvgIpc) is 3.39. The Morgan fingerprint density at radius 3 is 1.26 bits per heavy atom. The number of ether oxygens (including phenoxy) is 6. The zero-order chi connectivity index (χ0) is 53.0. The SMILES string of the molecule is CCCCCC/C=C\CCCCCCCCOCC(COC1OC(COC2OC(CO)C(O)C(O)C2O)C(O)C(O)C1O)OC(=O)CCCCCCCCCCCCCCCCCCCCCCCCCCC. The summed E-state index contributed by atoms with van der Waals surface area (Å²) in [7, 11) is 0. The monoisotopic (exact) mass is 1040 g/mol. The van der Waals surface area contributed by atoms with Crippen LogP contribution in [0.25, 0.3) is 0 Å². The number of carbonyl (C=O) groups excluding carboxylic acids is 1. The second-order valence-corrected chi connectivity index (χ2v) is 21.5. The van der Waals surface area contributed by atoms with Crippen LogP contribution in [0.4, 0.5) is 0 Å². The highest BCUT2D eigenvalue weighted by atomic mass is 16.7. The van der Waals surface area contributed by atoms with Gasteiger partial charge in [-0.2, -0.15) is 0 Å². The molecule has 2 fully saturated rings. The maximum atomic E-state index is 13.1. The summed E-state index contributed by atoms with van der Waals surface area (Å²) in [5.74, 6) is -0.371. The lowest BCUT2D eigenvalue weighted by atomic mass is 9.98. The first-order valence-electron chi connectivity index (χ1n) is 30.3. The fourth-order valence-corrected chi connectivity index (χ4v) is 9.87. The maximum absolute atomic E-state index is 13.1. The summed E-state index contributed by atoms with van der Waals surface area (Å²) in [4.78, 5) is 13.1. The first-order valence-corrected chi connectivity index (χ1v) is 30.3. The van der Waals surface area contributed by atoms with Crippen molar-refractivity contribution in [3.05, 3.63) is 12.2 Å². The molecule has 0 aromatic heterocycles. The van der Waals surface area contributed by atoms with Crippen molar-refractivity contribution in [3.63, 3.8) is 0 Å². The number of carbonyl (C=O) groups is 1. The third kappa shape index (κ3) is 33.6. The normalized spacial score (nSPS) is 24.9. The Bertz CT molecular complexity index is 1260. The molecule has 0 bridgehead atoms. The van der Waals surface area contributed by atoms with E-state index in [1.807, 2.05) is 0 Å². The summed E-state index contributed by atoms with van der Waals surface area (Å²) >= 11 is 0. The maximum Gasteiger partial charge on any atom is 0.306 e. The van der Waals surface area contributed by atoms with Crippen LogP contribution in [0.2, 0.25) is 0 Å². The zero-order valence-corrected chi connectivity index (χ0v) is 46.4. The fourth-order valence-electron chi connectivity index (χ4n) is 9.87. The second kappa shape index (κ2) is 46.8. The fraction of sp³-hybridized carbons (Fsp3) is 0.949. The molecule has 14 heteroatoms. The Morgan fingerprint density at radius 1 is 0.438 bits per heavy atom. The first-order chi connectivity index (χ1) is 35.6. The van der Waals surface area contributed by atoms with Gasteiger partial charge in [-0.15, -0.1) is 0 Å². The van der Waals surface area contributed by atoms with Crippen molar-refractivity contribution >= 4 is 5.97 Å². The Morgan fingerprint density at radius 2 is 0.808 bits per heavy atom. The van der Waals surface area contributed by atoms with Gasteiger partial charge in [-0.1, -0.05) is 225 Å². The van der Waals surface area contributed by atoms with Crippen LogP contribution in [0.3, 0.4) is 0 Å². The van der Waals surface area contributed by atoms with Crippen molar-refractivity contribution in [2.24, 2.45) is 0 Å². The van der Waals surface area contributed by atoms with E-state index in [4.69, 9.17) is 28.4 Å². The Kier molecular flexibility index (Phi) is 43.5. The number of aliphatic hydroxyl groups excluding tert-OH is 7. The molecule has 11 atom stereocenters. The number of aliphatic hydroxyl groups is 7. The third-order valence-electron chi connectivity index (χ3n) is 14.8. The largest absolute Gasteiger partial charge is 0.457 e. The van der Waals surface area contributed by atoms with E-state index in [9.17, 15) is 40.5 Å². The summed E-state index contributed by atoms with van der Waals surface area (Å²) < 4.78 is 34.4. The van der Waals surface area contributed by atoms with Crippen LogP contribution < -0.4 is 0 Å². The van der Waals surface area contributed by atoms with Gasteiger partial charge in [0.2, 0.25) is 0 Å². The number of rotatable bonds is 50. The molecule has 0 saturated carbocycles. The van der Waals surface area contributed by atoms with E-state index in [1.54, 1.807) is 0 Å². The van der Waals surface area contributed by atoms with Crippen LogP contribution in [-0.2, 0) is 33.2 Å². The zero-order valence-electron chi connectivity index (χ0n) is 46.4. The molecule has 0 aromatic rings. The van der Waals surface area contributed by atoms with Gasteiger partial charge in [-0.3, -0.25) is 4.79 Å². The molecular formula is C59H112O14. The molecule has 73 heavy (non-hydrogen) atoms. The topological polar surface area (TPSA) is 214 Å². The van der Waals surface area contributed by atoms with E-state index in [0.717, 1.165) is 44.9 Å². The van der Waals surface area contributed by atoms with Gasteiger partial charge < -0.3 is 64.2 Å². The summed E-state index contributed by atoms with van der Waals surface area (Å²) in [5.41, 5.74) is 0. The lowest BCUT2D eigenvalue weighted by molar-refractivity contribution is -0.332. The number of allylic oxidation sites excluding steroid dienone is 2. The van der Waals surface area contributed by atoms with E-state index in [0.29, 0.717) is 13.0 Å². The molecule has 2 aliphatic heterocycles. The van der Waals surface area contributed by atoms with E-state index in [-0.39, 0.29) is 25.6 Å². The Hall–Kier alpha value is -1.27. The van der Waals surface area contributed by atoms with Crippen molar-refractivity contribution < 1.29 is 69.0 Å². The highest BCUT2D eigenvalue weighted by Gasteiger charge is 2.47. The average molecular weight is 1050 g/mol. The van der Waals surface area contributed by atoms with Crippen molar-refractivity contribution in [1.29, 1.82) is 0 Å². The van der Waals surface area contributed by atoms with Crippen LogP contribution in [0, 0.1) is 0 Å². The van der Waals surface area contributed by atoms with Gasteiger partial charge in [-0.25, -0.2) is 0 Å². The number of hydrogen-bond donors (Lipinski definition) is 7. The van der Waals surface area contributed by atoms with Gasteiger partial charge in [0.05, 0.1) is 26.4 Å². The molecule has 7 N–H and O–H groups in total. The van der Waals surface area contributed by atoms with Crippen molar-refractivity contribution in [2.45, 2.75) is 325 Å². The van der Waals surface area contributed by atoms with E-state index < -0.39 is 80.7 Å². The van der Waals surface area contributed by atoms with Gasteiger partial charge in [0.25, 0.3) is 0 Å². The highest BCUT2D eigenvalue weighted by molar-refractivity contribution is 5.69. The predicted octanol–water partition coefficient (Wildman–Crippen LogP) is 11.0. The summed E-state index contributed by atoms with van der Waals surface area (Å²) in [5, 5.41) is 72.3. The lowest BCUT2D eigenvalue weighted by Crippen LogP contribution is -2.61. The first kappa shape index (κ1) is 67.8. The van der Waals surface area contributed by atoms with Gasteiger partial charge >= 0.3 is 5.97 Å². The molecule has 11 unspecified atom stereocenters. The molecule has 0 radical (unpaired) electrons. The molecule has 14 nitrogen and oxygen atoms in total. The second-order valence-electron chi connectivity index (χ2n) is 21.5. The summed E-state index contributed by atoms with van der Waals surface area (Å²) in [6.45, 7) is 3.72. The molecule has 0 spiro atoms. The predicted molar refractivity (Wildman–Crippen MR) is 289 cm³/mol. The summed E-state index contributed by atoms with van der Waals surface area (Å²) in [6.07, 6.45) is 35.7. The molecule has 432 valence electrons. The van der Waals surface area contributed by atoms with Crippen LogP contribution in [-0.4, -0.2) is 142 Å². The van der Waals surface area contributed by atoms with Gasteiger partial charge in [0, 0.05) is 13.0 Å². The smallest absolute Gasteiger partial charge is 0.306 e. The highest BCUT2D eigenvalue weighted by Crippen LogP contribution is 2.27. The van der Waals surface area contributed by atoms with E-state index in [2.05, 4.69) is 26.0 Å². The van der Waals surface area contributed by atoms with E-state index >= 15 is 0 Å². The van der Waals surface area contributed by atoms with Crippen molar-refractivity contribution in [2.75, 3.05) is 33.0 Å². The van der Waals surface area contributed by atoms with Crippen molar-refractivity contribution in [3.8, 4) is 0 Å². The number of hydrogen-bond acceptors (Lipinski definition) is 14. The minimum absolute atomic E-state index is 0.0631. The van der Waals surface area contributed by atoms with Crippen LogP contribution in [0.15, 0.2) is 12.2 Å². The molecule has 2 saturated heterocycles. The lowest BCUT2D eigenvalue weighted by Gasteiger charge is -2.42. The third-order valence-corrected chi connectivity index (χ3v) is 14.8. The van der Waals surface area contributed by atoms with Gasteiger partial charge in [0.1, 0.15) is 54.9 Å². The molecule has 2 aliphatic rings. The quantitative estimate of drug-likeness (QED) is 0.0172. The molecule has 2 rings (SSSR count). The van der Waals surface area contributed by atoms with Crippen LogP contribution in [0.5, 0.6) is 0 Å². The molecular weight excluding hydrogens is 933 g/mol. The minimum Gasteiger partial charge on any atom is -0.457 e. The van der Waals surface area contributed by atoms with Gasteiger partial charge in [-0.05, 0) is 38.5 Å².